The van der Waals surface area contributed by atoms with Crippen molar-refractivity contribution in [3.8, 4) is 0 Å². The molecule has 1 atom stereocenters. The summed E-state index contributed by atoms with van der Waals surface area (Å²) in [6.45, 7) is 2.22. The standard InChI is InChI=1S/C14H13IN2S2/c1-9(7-11-3-2-6-19-11)17-13-5-4-10(15)8-12(13)16-14(17)18/h2-6,8-9H,7H2,1H3,(H,16,18). The van der Waals surface area contributed by atoms with E-state index in [4.69, 9.17) is 12.2 Å². The van der Waals surface area contributed by atoms with E-state index in [1.54, 1.807) is 11.3 Å². The van der Waals surface area contributed by atoms with Gasteiger partial charge in [0.1, 0.15) is 0 Å². The molecular formula is C14H13IN2S2. The van der Waals surface area contributed by atoms with Crippen LogP contribution in [0, 0.1) is 8.34 Å². The molecule has 1 unspecified atom stereocenters. The van der Waals surface area contributed by atoms with E-state index in [0.717, 1.165) is 16.7 Å². The maximum absolute atomic E-state index is 5.48. The number of fused-ring (bicyclic) bond motifs is 1. The lowest BCUT2D eigenvalue weighted by atomic mass is 10.2. The van der Waals surface area contributed by atoms with Crippen molar-refractivity contribution in [2.24, 2.45) is 0 Å². The molecule has 2 nitrogen and oxygen atoms in total. The van der Waals surface area contributed by atoms with E-state index in [0.29, 0.717) is 6.04 Å². The summed E-state index contributed by atoms with van der Waals surface area (Å²) in [5.74, 6) is 0. The van der Waals surface area contributed by atoms with E-state index < -0.39 is 0 Å². The molecule has 0 fully saturated rings. The number of thiophene rings is 1. The van der Waals surface area contributed by atoms with E-state index in [1.807, 2.05) is 0 Å². The van der Waals surface area contributed by atoms with E-state index in [2.05, 4.69) is 74.8 Å². The van der Waals surface area contributed by atoms with Crippen LogP contribution in [0.1, 0.15) is 17.8 Å². The molecule has 3 rings (SSSR count). The zero-order valence-corrected chi connectivity index (χ0v) is 14.2. The van der Waals surface area contributed by atoms with Gasteiger partial charge in [-0.05, 0) is 71.4 Å². The highest BCUT2D eigenvalue weighted by Crippen LogP contribution is 2.24. The SMILES string of the molecule is CC(Cc1cccs1)n1c(=S)[nH]c2cc(I)ccc21. The van der Waals surface area contributed by atoms with Crippen LogP contribution in [0.15, 0.2) is 35.7 Å². The smallest absolute Gasteiger partial charge is 0.178 e. The van der Waals surface area contributed by atoms with Crippen LogP contribution < -0.4 is 0 Å². The quantitative estimate of drug-likeness (QED) is 0.475. The summed E-state index contributed by atoms with van der Waals surface area (Å²) in [7, 11) is 0. The fourth-order valence-corrected chi connectivity index (χ4v) is 4.06. The monoisotopic (exact) mass is 400 g/mol. The minimum absolute atomic E-state index is 0.361. The Morgan fingerprint density at radius 2 is 2.26 bits per heavy atom. The first-order valence-corrected chi connectivity index (χ1v) is 8.44. The highest BCUT2D eigenvalue weighted by molar-refractivity contribution is 14.1. The van der Waals surface area contributed by atoms with Crippen molar-refractivity contribution in [2.45, 2.75) is 19.4 Å². The van der Waals surface area contributed by atoms with Crippen LogP contribution in [0.5, 0.6) is 0 Å². The van der Waals surface area contributed by atoms with Gasteiger partial charge >= 0.3 is 0 Å². The average Bonchev–Trinajstić information content (AvgIpc) is 2.95. The second kappa shape index (κ2) is 5.38. The van der Waals surface area contributed by atoms with Crippen molar-refractivity contribution in [3.63, 3.8) is 0 Å². The number of aromatic amines is 1. The highest BCUT2D eigenvalue weighted by Gasteiger charge is 2.12. The van der Waals surface area contributed by atoms with Crippen molar-refractivity contribution in [1.82, 2.24) is 9.55 Å². The number of hydrogen-bond acceptors (Lipinski definition) is 2. The van der Waals surface area contributed by atoms with Gasteiger partial charge in [-0.25, -0.2) is 0 Å². The molecule has 19 heavy (non-hydrogen) atoms. The number of H-pyrrole nitrogens is 1. The summed E-state index contributed by atoms with van der Waals surface area (Å²) in [5, 5.41) is 2.12. The topological polar surface area (TPSA) is 20.7 Å². The predicted molar refractivity (Wildman–Crippen MR) is 92.6 cm³/mol. The molecule has 1 aromatic carbocycles. The fourth-order valence-electron chi connectivity index (χ4n) is 2.35. The van der Waals surface area contributed by atoms with Gasteiger partial charge in [-0.3, -0.25) is 0 Å². The molecule has 0 amide bonds. The minimum atomic E-state index is 0.361. The molecule has 0 bridgehead atoms. The summed E-state index contributed by atoms with van der Waals surface area (Å²) in [5.41, 5.74) is 2.31. The average molecular weight is 400 g/mol. The van der Waals surface area contributed by atoms with E-state index >= 15 is 0 Å². The van der Waals surface area contributed by atoms with Crippen LogP contribution in [-0.4, -0.2) is 9.55 Å². The van der Waals surface area contributed by atoms with Gasteiger partial charge in [0.25, 0.3) is 0 Å². The Hall–Kier alpha value is -0.660. The van der Waals surface area contributed by atoms with Crippen LogP contribution in [0.25, 0.3) is 11.0 Å². The number of nitrogens with zero attached hydrogens (tertiary/aromatic N) is 1. The zero-order valence-electron chi connectivity index (χ0n) is 10.4. The van der Waals surface area contributed by atoms with Crippen molar-refractivity contribution >= 4 is 57.2 Å². The summed E-state index contributed by atoms with van der Waals surface area (Å²) in [4.78, 5) is 4.70. The Balaban J connectivity index is 2.04. The van der Waals surface area contributed by atoms with Crippen LogP contribution in [0.3, 0.4) is 0 Å². The van der Waals surface area contributed by atoms with Gasteiger partial charge < -0.3 is 9.55 Å². The van der Waals surface area contributed by atoms with E-state index in [-0.39, 0.29) is 0 Å². The van der Waals surface area contributed by atoms with Gasteiger partial charge in [0, 0.05) is 20.9 Å². The molecule has 2 aromatic heterocycles. The normalized spacial score (nSPS) is 12.9. The van der Waals surface area contributed by atoms with Gasteiger partial charge in [-0.15, -0.1) is 11.3 Å². The predicted octanol–water partition coefficient (Wildman–Crippen LogP) is 5.17. The summed E-state index contributed by atoms with van der Waals surface area (Å²) in [6, 6.07) is 11.1. The summed E-state index contributed by atoms with van der Waals surface area (Å²) in [6.07, 6.45) is 1.02. The Labute approximate surface area is 134 Å². The lowest BCUT2D eigenvalue weighted by Crippen LogP contribution is -2.07. The first-order valence-electron chi connectivity index (χ1n) is 6.07. The number of benzene rings is 1. The van der Waals surface area contributed by atoms with Gasteiger partial charge in [0.2, 0.25) is 0 Å². The molecule has 5 heteroatoms. The minimum Gasteiger partial charge on any atom is -0.331 e. The number of imidazole rings is 1. The Bertz CT molecular complexity index is 755. The van der Waals surface area contributed by atoms with Crippen LogP contribution in [-0.2, 0) is 6.42 Å². The summed E-state index contributed by atoms with van der Waals surface area (Å²) < 4.78 is 4.25. The molecule has 3 aromatic rings. The first kappa shape index (κ1) is 13.3. The van der Waals surface area contributed by atoms with Crippen molar-refractivity contribution in [1.29, 1.82) is 0 Å². The number of aromatic nitrogens is 2. The molecule has 0 aliphatic carbocycles. The molecule has 0 saturated carbocycles. The molecule has 0 saturated heterocycles. The number of rotatable bonds is 3. The van der Waals surface area contributed by atoms with Gasteiger partial charge in [0.15, 0.2) is 4.77 Å². The van der Waals surface area contributed by atoms with Crippen LogP contribution in [0.2, 0.25) is 0 Å². The maximum Gasteiger partial charge on any atom is 0.178 e. The van der Waals surface area contributed by atoms with Crippen molar-refractivity contribution in [2.75, 3.05) is 0 Å². The van der Waals surface area contributed by atoms with Crippen molar-refractivity contribution < 1.29 is 0 Å². The van der Waals surface area contributed by atoms with E-state index in [9.17, 15) is 0 Å². The number of hydrogen-bond donors (Lipinski definition) is 1. The first-order chi connectivity index (χ1) is 9.15. The molecule has 1 N–H and O–H groups in total. The van der Waals surface area contributed by atoms with Crippen LogP contribution >= 0.6 is 46.1 Å². The van der Waals surface area contributed by atoms with Gasteiger partial charge in [0.05, 0.1) is 11.0 Å². The van der Waals surface area contributed by atoms with Gasteiger partial charge in [-0.1, -0.05) is 6.07 Å². The molecule has 98 valence electrons. The largest absolute Gasteiger partial charge is 0.331 e. The fraction of sp³-hybridized carbons (Fsp3) is 0.214. The molecule has 0 aliphatic heterocycles. The zero-order chi connectivity index (χ0) is 13.4. The molecule has 2 heterocycles. The van der Waals surface area contributed by atoms with Crippen LogP contribution in [0.4, 0.5) is 0 Å². The number of halogens is 1. The Morgan fingerprint density at radius 1 is 1.42 bits per heavy atom. The van der Waals surface area contributed by atoms with E-state index in [1.165, 1.54) is 14.0 Å². The Kier molecular flexibility index (Phi) is 3.77. The third kappa shape index (κ3) is 2.64. The molecule has 0 aliphatic rings. The Morgan fingerprint density at radius 3 is 3.00 bits per heavy atom. The number of nitrogens with one attached hydrogen (secondary N) is 1. The maximum atomic E-state index is 5.48. The van der Waals surface area contributed by atoms with Gasteiger partial charge in [-0.2, -0.15) is 0 Å². The molecule has 0 radical (unpaired) electrons. The summed E-state index contributed by atoms with van der Waals surface area (Å²) >= 11 is 9.60. The third-order valence-corrected chi connectivity index (χ3v) is 5.06. The lowest BCUT2D eigenvalue weighted by molar-refractivity contribution is 0.557. The third-order valence-electron chi connectivity index (χ3n) is 3.20. The lowest BCUT2D eigenvalue weighted by Gasteiger charge is -2.13. The second-order valence-electron chi connectivity index (χ2n) is 4.59. The highest BCUT2D eigenvalue weighted by atomic mass is 127. The second-order valence-corrected chi connectivity index (χ2v) is 7.26. The van der Waals surface area contributed by atoms with Crippen molar-refractivity contribution in [3.05, 3.63) is 48.9 Å². The molecular weight excluding hydrogens is 387 g/mol. The molecule has 0 spiro atoms.